The van der Waals surface area contributed by atoms with Crippen LogP contribution < -0.4 is 10.6 Å². The van der Waals surface area contributed by atoms with Gasteiger partial charge in [0.2, 0.25) is 0 Å². The van der Waals surface area contributed by atoms with E-state index in [1.165, 1.54) is 11.8 Å². The Hall–Kier alpha value is -1.75. The molecule has 0 saturated heterocycles. The van der Waals surface area contributed by atoms with Crippen LogP contribution in [0.5, 0.6) is 0 Å². The standard InChI is InChI=1S/C15H19ClN4O2S/c1-22-7-3-6-18-14(21)12(8-17)15(23-2)20-10-11-4-5-13(16)19-9-11/h4-5,9,20H,3,6-7,10H2,1-2H3,(H,18,21). The number of nitrogens with zero attached hydrogens (tertiary/aromatic N) is 2. The monoisotopic (exact) mass is 354 g/mol. The van der Waals surface area contributed by atoms with Gasteiger partial charge in [-0.05, 0) is 24.3 Å². The van der Waals surface area contributed by atoms with E-state index in [0.29, 0.717) is 36.3 Å². The van der Waals surface area contributed by atoms with E-state index < -0.39 is 5.91 Å². The van der Waals surface area contributed by atoms with Crippen molar-refractivity contribution < 1.29 is 9.53 Å². The molecule has 0 aromatic carbocycles. The molecule has 2 N–H and O–H groups in total. The molecule has 0 atom stereocenters. The Bertz CT molecular complexity index is 584. The lowest BCUT2D eigenvalue weighted by molar-refractivity contribution is -0.117. The highest BCUT2D eigenvalue weighted by molar-refractivity contribution is 8.02. The van der Waals surface area contributed by atoms with E-state index in [-0.39, 0.29) is 5.57 Å². The summed E-state index contributed by atoms with van der Waals surface area (Å²) >= 11 is 7.05. The fraction of sp³-hybridized carbons (Fsp3) is 0.400. The number of hydrogen-bond acceptors (Lipinski definition) is 6. The molecule has 1 rings (SSSR count). The summed E-state index contributed by atoms with van der Waals surface area (Å²) in [6.07, 6.45) is 4.14. The summed E-state index contributed by atoms with van der Waals surface area (Å²) in [6, 6.07) is 5.48. The van der Waals surface area contributed by atoms with Crippen molar-refractivity contribution in [1.82, 2.24) is 15.6 Å². The van der Waals surface area contributed by atoms with Crippen molar-refractivity contribution in [3.8, 4) is 6.07 Å². The first kappa shape index (κ1) is 19.3. The van der Waals surface area contributed by atoms with E-state index in [9.17, 15) is 10.1 Å². The Morgan fingerprint density at radius 1 is 1.48 bits per heavy atom. The number of amides is 1. The van der Waals surface area contributed by atoms with Gasteiger partial charge in [0.05, 0.1) is 5.03 Å². The molecule has 0 spiro atoms. The summed E-state index contributed by atoms with van der Waals surface area (Å²) in [6.45, 7) is 1.46. The van der Waals surface area contributed by atoms with Gasteiger partial charge in [0, 0.05) is 33.0 Å². The van der Waals surface area contributed by atoms with E-state index in [0.717, 1.165) is 5.56 Å². The number of pyridine rings is 1. The number of nitrogens with one attached hydrogen (secondary N) is 2. The van der Waals surface area contributed by atoms with Gasteiger partial charge in [0.25, 0.3) is 5.91 Å². The van der Waals surface area contributed by atoms with Crippen LogP contribution in [0.2, 0.25) is 5.15 Å². The molecule has 23 heavy (non-hydrogen) atoms. The number of carbonyl (C=O) groups excluding carboxylic acids is 1. The van der Waals surface area contributed by atoms with Gasteiger partial charge in [0.1, 0.15) is 16.8 Å². The third-order valence-corrected chi connectivity index (χ3v) is 3.80. The van der Waals surface area contributed by atoms with Crippen LogP contribution >= 0.6 is 23.4 Å². The number of nitriles is 1. The Labute approximate surface area is 145 Å². The quantitative estimate of drug-likeness (QED) is 0.305. The van der Waals surface area contributed by atoms with Gasteiger partial charge in [-0.15, -0.1) is 11.8 Å². The Balaban J connectivity index is 2.68. The van der Waals surface area contributed by atoms with Crippen LogP contribution in [0.3, 0.4) is 0 Å². The van der Waals surface area contributed by atoms with Crippen molar-refractivity contribution in [2.75, 3.05) is 26.5 Å². The second kappa shape index (κ2) is 10.9. The van der Waals surface area contributed by atoms with Crippen LogP contribution in [-0.4, -0.2) is 37.4 Å². The molecular weight excluding hydrogens is 336 g/mol. The number of rotatable bonds is 9. The average Bonchev–Trinajstić information content (AvgIpc) is 2.56. The van der Waals surface area contributed by atoms with Gasteiger partial charge >= 0.3 is 0 Å². The predicted octanol–water partition coefficient (Wildman–Crippen LogP) is 2.08. The highest BCUT2D eigenvalue weighted by Gasteiger charge is 2.14. The van der Waals surface area contributed by atoms with E-state index in [4.69, 9.17) is 16.3 Å². The summed E-state index contributed by atoms with van der Waals surface area (Å²) in [5.74, 6) is -0.394. The summed E-state index contributed by atoms with van der Waals surface area (Å²) < 4.78 is 4.91. The van der Waals surface area contributed by atoms with Gasteiger partial charge in [-0.2, -0.15) is 5.26 Å². The summed E-state index contributed by atoms with van der Waals surface area (Å²) in [5, 5.41) is 16.0. The lowest BCUT2D eigenvalue weighted by atomic mass is 10.2. The lowest BCUT2D eigenvalue weighted by Gasteiger charge is -2.11. The first-order chi connectivity index (χ1) is 11.1. The number of carbonyl (C=O) groups is 1. The van der Waals surface area contributed by atoms with Gasteiger partial charge in [-0.3, -0.25) is 4.79 Å². The van der Waals surface area contributed by atoms with Gasteiger partial charge in [-0.1, -0.05) is 17.7 Å². The third kappa shape index (κ3) is 6.91. The van der Waals surface area contributed by atoms with Crippen LogP contribution in [0, 0.1) is 11.3 Å². The van der Waals surface area contributed by atoms with E-state index in [2.05, 4.69) is 15.6 Å². The largest absolute Gasteiger partial charge is 0.385 e. The number of ether oxygens (including phenoxy) is 1. The zero-order valence-corrected chi connectivity index (χ0v) is 14.6. The highest BCUT2D eigenvalue weighted by Crippen LogP contribution is 2.15. The molecule has 0 unspecified atom stereocenters. The molecule has 0 aliphatic carbocycles. The van der Waals surface area contributed by atoms with Crippen LogP contribution in [0.15, 0.2) is 28.9 Å². The molecule has 124 valence electrons. The lowest BCUT2D eigenvalue weighted by Crippen LogP contribution is -2.28. The number of halogens is 1. The molecular formula is C15H19ClN4O2S. The molecule has 1 amide bonds. The summed E-state index contributed by atoms with van der Waals surface area (Å²) in [5.41, 5.74) is 0.968. The zero-order chi connectivity index (χ0) is 17.1. The SMILES string of the molecule is COCCCNC(=O)C(C#N)=C(NCc1ccc(Cl)nc1)SC. The molecule has 0 fully saturated rings. The normalized spacial score (nSPS) is 11.4. The molecule has 0 saturated carbocycles. The maximum Gasteiger partial charge on any atom is 0.264 e. The fourth-order valence-corrected chi connectivity index (χ4v) is 2.34. The van der Waals surface area contributed by atoms with Crippen molar-refractivity contribution in [2.45, 2.75) is 13.0 Å². The minimum atomic E-state index is -0.394. The van der Waals surface area contributed by atoms with E-state index >= 15 is 0 Å². The zero-order valence-electron chi connectivity index (χ0n) is 13.1. The van der Waals surface area contributed by atoms with E-state index in [1.54, 1.807) is 25.6 Å². The van der Waals surface area contributed by atoms with Gasteiger partial charge in [0.15, 0.2) is 0 Å². The topological polar surface area (TPSA) is 87.0 Å². The first-order valence-electron chi connectivity index (χ1n) is 6.92. The van der Waals surface area contributed by atoms with E-state index in [1.807, 2.05) is 12.1 Å². The first-order valence-corrected chi connectivity index (χ1v) is 8.52. The molecule has 8 heteroatoms. The molecule has 1 aromatic heterocycles. The van der Waals surface area contributed by atoms with Crippen molar-refractivity contribution >= 4 is 29.3 Å². The highest BCUT2D eigenvalue weighted by atomic mass is 35.5. The predicted molar refractivity (Wildman–Crippen MR) is 91.7 cm³/mol. The van der Waals surface area contributed by atoms with Crippen LogP contribution in [-0.2, 0) is 16.1 Å². The van der Waals surface area contributed by atoms with Crippen molar-refractivity contribution in [3.05, 3.63) is 39.6 Å². The minimum Gasteiger partial charge on any atom is -0.385 e. The number of hydrogen-bond donors (Lipinski definition) is 2. The smallest absolute Gasteiger partial charge is 0.264 e. The molecule has 0 bridgehead atoms. The van der Waals surface area contributed by atoms with Crippen molar-refractivity contribution in [3.63, 3.8) is 0 Å². The second-order valence-corrected chi connectivity index (χ2v) is 5.67. The van der Waals surface area contributed by atoms with Crippen LogP contribution in [0.4, 0.5) is 0 Å². The van der Waals surface area contributed by atoms with Gasteiger partial charge < -0.3 is 15.4 Å². The Morgan fingerprint density at radius 3 is 2.83 bits per heavy atom. The van der Waals surface area contributed by atoms with Crippen LogP contribution in [0.25, 0.3) is 0 Å². The summed E-state index contributed by atoms with van der Waals surface area (Å²) in [4.78, 5) is 16.1. The van der Waals surface area contributed by atoms with Gasteiger partial charge in [-0.25, -0.2) is 4.98 Å². The molecule has 0 aliphatic heterocycles. The molecule has 1 heterocycles. The van der Waals surface area contributed by atoms with Crippen molar-refractivity contribution in [1.29, 1.82) is 5.26 Å². The van der Waals surface area contributed by atoms with Crippen LogP contribution in [0.1, 0.15) is 12.0 Å². The fourth-order valence-electron chi connectivity index (χ4n) is 1.67. The third-order valence-electron chi connectivity index (χ3n) is 2.82. The maximum atomic E-state index is 12.1. The molecule has 1 aromatic rings. The Morgan fingerprint density at radius 2 is 2.26 bits per heavy atom. The summed E-state index contributed by atoms with van der Waals surface area (Å²) in [7, 11) is 1.60. The number of thioether (sulfide) groups is 1. The molecule has 0 radical (unpaired) electrons. The Kier molecular flexibility index (Phi) is 9.14. The molecule has 0 aliphatic rings. The minimum absolute atomic E-state index is 0.0665. The number of methoxy groups -OCH3 is 1. The molecule has 6 nitrogen and oxygen atoms in total. The van der Waals surface area contributed by atoms with Crippen molar-refractivity contribution in [2.24, 2.45) is 0 Å². The number of aromatic nitrogens is 1. The average molecular weight is 355 g/mol. The maximum absolute atomic E-state index is 12.1. The second-order valence-electron chi connectivity index (χ2n) is 4.47.